The largest absolute Gasteiger partial charge is 0.326 e. The van der Waals surface area contributed by atoms with Crippen LogP contribution < -0.4 is 5.73 Å². The smallest absolute Gasteiger partial charge is 0.268 e. The standard InChI is InChI=1S/C18H18N2O2S/c1-14-7-9-17(10-8-14)23(21,22)20-13-15(12-19)11-18(20)16-5-3-2-4-6-16/h2-11,13H,12,19H2,1H3. The Morgan fingerprint density at radius 2 is 1.65 bits per heavy atom. The second kappa shape index (κ2) is 6.02. The molecule has 0 spiro atoms. The molecule has 4 nitrogen and oxygen atoms in total. The van der Waals surface area contributed by atoms with Crippen molar-refractivity contribution in [1.82, 2.24) is 3.97 Å². The van der Waals surface area contributed by atoms with Gasteiger partial charge in [-0.25, -0.2) is 12.4 Å². The van der Waals surface area contributed by atoms with Crippen molar-refractivity contribution in [1.29, 1.82) is 0 Å². The Bertz CT molecular complexity index is 911. The van der Waals surface area contributed by atoms with Crippen LogP contribution in [-0.4, -0.2) is 12.4 Å². The lowest BCUT2D eigenvalue weighted by atomic mass is 10.1. The maximum atomic E-state index is 13.0. The SMILES string of the molecule is Cc1ccc(S(=O)(=O)n2cc(CN)cc2-c2ccccc2)cc1. The average Bonchev–Trinajstić information content (AvgIpc) is 3.01. The first-order valence-electron chi connectivity index (χ1n) is 7.31. The molecule has 0 aliphatic carbocycles. The number of nitrogens with two attached hydrogens (primary N) is 1. The molecular weight excluding hydrogens is 308 g/mol. The predicted molar refractivity (Wildman–Crippen MR) is 91.5 cm³/mol. The number of hydrogen-bond acceptors (Lipinski definition) is 3. The molecule has 0 aliphatic heterocycles. The summed E-state index contributed by atoms with van der Waals surface area (Å²) in [7, 11) is -3.66. The number of hydrogen-bond donors (Lipinski definition) is 1. The van der Waals surface area contributed by atoms with E-state index in [1.54, 1.807) is 30.5 Å². The van der Waals surface area contributed by atoms with Crippen LogP contribution in [0.5, 0.6) is 0 Å². The molecular formula is C18H18N2O2S. The van der Waals surface area contributed by atoms with Crippen LogP contribution in [0.2, 0.25) is 0 Å². The van der Waals surface area contributed by atoms with Crippen LogP contribution in [-0.2, 0) is 16.6 Å². The third-order valence-electron chi connectivity index (χ3n) is 3.73. The van der Waals surface area contributed by atoms with Crippen molar-refractivity contribution in [3.8, 4) is 11.3 Å². The van der Waals surface area contributed by atoms with Crippen LogP contribution in [0.3, 0.4) is 0 Å². The molecule has 0 unspecified atom stereocenters. The molecule has 0 amide bonds. The molecule has 1 aromatic heterocycles. The maximum absolute atomic E-state index is 13.0. The number of rotatable bonds is 4. The normalized spacial score (nSPS) is 11.6. The fourth-order valence-electron chi connectivity index (χ4n) is 2.45. The molecule has 2 aromatic carbocycles. The first-order valence-corrected chi connectivity index (χ1v) is 8.75. The van der Waals surface area contributed by atoms with Crippen LogP contribution in [0.1, 0.15) is 11.1 Å². The molecule has 3 rings (SSSR count). The van der Waals surface area contributed by atoms with Crippen molar-refractivity contribution in [3.05, 3.63) is 78.0 Å². The lowest BCUT2D eigenvalue weighted by Gasteiger charge is -2.11. The minimum absolute atomic E-state index is 0.263. The number of nitrogens with zero attached hydrogens (tertiary/aromatic N) is 1. The Morgan fingerprint density at radius 3 is 2.26 bits per heavy atom. The summed E-state index contributed by atoms with van der Waals surface area (Å²) in [4.78, 5) is 0.263. The summed E-state index contributed by atoms with van der Waals surface area (Å²) in [6.07, 6.45) is 1.59. The molecule has 5 heteroatoms. The molecule has 0 saturated carbocycles. The molecule has 2 N–H and O–H groups in total. The molecule has 0 saturated heterocycles. The van der Waals surface area contributed by atoms with Crippen molar-refractivity contribution in [2.45, 2.75) is 18.4 Å². The van der Waals surface area contributed by atoms with E-state index in [0.29, 0.717) is 5.69 Å². The van der Waals surface area contributed by atoms with Gasteiger partial charge in [0, 0.05) is 12.7 Å². The van der Waals surface area contributed by atoms with Crippen molar-refractivity contribution in [3.63, 3.8) is 0 Å². The lowest BCUT2D eigenvalue weighted by molar-refractivity contribution is 0.588. The van der Waals surface area contributed by atoms with Gasteiger partial charge >= 0.3 is 0 Å². The molecule has 3 aromatic rings. The highest BCUT2D eigenvalue weighted by Gasteiger charge is 2.21. The highest BCUT2D eigenvalue weighted by molar-refractivity contribution is 7.90. The van der Waals surface area contributed by atoms with Gasteiger partial charge in [-0.1, -0.05) is 48.0 Å². The topological polar surface area (TPSA) is 65.1 Å². The van der Waals surface area contributed by atoms with E-state index < -0.39 is 10.0 Å². The lowest BCUT2D eigenvalue weighted by Crippen LogP contribution is -2.13. The number of aryl methyl sites for hydroxylation is 1. The van der Waals surface area contributed by atoms with Gasteiger partial charge in [-0.3, -0.25) is 0 Å². The minimum atomic E-state index is -3.66. The summed E-state index contributed by atoms with van der Waals surface area (Å²) in [5.74, 6) is 0. The van der Waals surface area contributed by atoms with Gasteiger partial charge < -0.3 is 5.73 Å². The summed E-state index contributed by atoms with van der Waals surface area (Å²) < 4.78 is 27.3. The molecule has 1 heterocycles. The van der Waals surface area contributed by atoms with E-state index >= 15 is 0 Å². The van der Waals surface area contributed by atoms with Gasteiger partial charge in [-0.2, -0.15) is 0 Å². The second-order valence-corrected chi connectivity index (χ2v) is 7.23. The van der Waals surface area contributed by atoms with E-state index in [9.17, 15) is 8.42 Å². The van der Waals surface area contributed by atoms with Crippen molar-refractivity contribution >= 4 is 10.0 Å². The molecule has 0 atom stereocenters. The summed E-state index contributed by atoms with van der Waals surface area (Å²) in [6, 6.07) is 18.1. The fourth-order valence-corrected chi connectivity index (χ4v) is 3.85. The molecule has 0 aliphatic rings. The van der Waals surface area contributed by atoms with E-state index in [1.807, 2.05) is 43.3 Å². The average molecular weight is 326 g/mol. The minimum Gasteiger partial charge on any atom is -0.326 e. The van der Waals surface area contributed by atoms with Gasteiger partial charge in [-0.15, -0.1) is 0 Å². The van der Waals surface area contributed by atoms with Gasteiger partial charge in [0.1, 0.15) is 0 Å². The quantitative estimate of drug-likeness (QED) is 0.801. The van der Waals surface area contributed by atoms with Gasteiger partial charge in [0.25, 0.3) is 10.0 Å². The zero-order valence-electron chi connectivity index (χ0n) is 12.8. The Hall–Kier alpha value is -2.37. The van der Waals surface area contributed by atoms with Gasteiger partial charge in [0.2, 0.25) is 0 Å². The van der Waals surface area contributed by atoms with E-state index in [0.717, 1.165) is 16.7 Å². The fraction of sp³-hybridized carbons (Fsp3) is 0.111. The Balaban J connectivity index is 2.19. The summed E-state index contributed by atoms with van der Waals surface area (Å²) >= 11 is 0. The van der Waals surface area contributed by atoms with Crippen LogP contribution in [0.15, 0.2) is 71.8 Å². The highest BCUT2D eigenvalue weighted by atomic mass is 32.2. The van der Waals surface area contributed by atoms with Crippen LogP contribution >= 0.6 is 0 Å². The Morgan fingerprint density at radius 1 is 1.00 bits per heavy atom. The monoisotopic (exact) mass is 326 g/mol. The van der Waals surface area contributed by atoms with Gasteiger partial charge in [0.05, 0.1) is 10.6 Å². The van der Waals surface area contributed by atoms with Gasteiger partial charge in [-0.05, 0) is 36.2 Å². The molecule has 0 radical (unpaired) electrons. The van der Waals surface area contributed by atoms with Crippen LogP contribution in [0, 0.1) is 6.92 Å². The first kappa shape index (κ1) is 15.5. The third kappa shape index (κ3) is 2.93. The summed E-state index contributed by atoms with van der Waals surface area (Å²) in [6.45, 7) is 2.21. The third-order valence-corrected chi connectivity index (χ3v) is 5.41. The Labute approximate surface area is 136 Å². The number of aromatic nitrogens is 1. The van der Waals surface area contributed by atoms with E-state index in [-0.39, 0.29) is 11.4 Å². The predicted octanol–water partition coefficient (Wildman–Crippen LogP) is 3.16. The molecule has 0 bridgehead atoms. The summed E-state index contributed by atoms with van der Waals surface area (Å²) in [5.41, 5.74) is 8.95. The summed E-state index contributed by atoms with van der Waals surface area (Å²) in [5, 5.41) is 0. The number of benzene rings is 2. The van der Waals surface area contributed by atoms with E-state index in [4.69, 9.17) is 5.73 Å². The highest BCUT2D eigenvalue weighted by Crippen LogP contribution is 2.27. The second-order valence-electron chi connectivity index (χ2n) is 5.42. The zero-order valence-corrected chi connectivity index (χ0v) is 13.6. The molecule has 0 fully saturated rings. The first-order chi connectivity index (χ1) is 11.0. The molecule has 118 valence electrons. The maximum Gasteiger partial charge on any atom is 0.268 e. The zero-order chi connectivity index (χ0) is 16.4. The van der Waals surface area contributed by atoms with Crippen molar-refractivity contribution in [2.75, 3.05) is 0 Å². The van der Waals surface area contributed by atoms with Crippen molar-refractivity contribution < 1.29 is 8.42 Å². The van der Waals surface area contributed by atoms with Crippen LogP contribution in [0.25, 0.3) is 11.3 Å². The van der Waals surface area contributed by atoms with Crippen LogP contribution in [0.4, 0.5) is 0 Å². The Kier molecular flexibility index (Phi) is 4.07. The molecule has 23 heavy (non-hydrogen) atoms. The van der Waals surface area contributed by atoms with E-state index in [1.165, 1.54) is 3.97 Å². The van der Waals surface area contributed by atoms with Gasteiger partial charge in [0.15, 0.2) is 0 Å². The van der Waals surface area contributed by atoms with Crippen molar-refractivity contribution in [2.24, 2.45) is 5.73 Å². The van der Waals surface area contributed by atoms with E-state index in [2.05, 4.69) is 0 Å².